The van der Waals surface area contributed by atoms with Gasteiger partial charge in [-0.2, -0.15) is 0 Å². The molecule has 2 unspecified atom stereocenters. The standard InChI is InChI=1S/C14H23N3O2S/c15-11-13-3-1-2-4-14(13)17-20(18,19)10-7-12-5-8-16-9-6-12/h5-6,8-9,13-14,17H,1-4,7,10-11,15H2. The molecule has 0 spiro atoms. The Hall–Kier alpha value is -0.980. The van der Waals surface area contributed by atoms with E-state index in [9.17, 15) is 8.42 Å². The fourth-order valence-corrected chi connectivity index (χ4v) is 4.13. The molecule has 1 aromatic heterocycles. The van der Waals surface area contributed by atoms with Crippen LogP contribution in [0, 0.1) is 5.92 Å². The van der Waals surface area contributed by atoms with Gasteiger partial charge in [0.15, 0.2) is 0 Å². The Labute approximate surface area is 121 Å². The Morgan fingerprint density at radius 3 is 2.65 bits per heavy atom. The van der Waals surface area contributed by atoms with Crippen LogP contribution in [-0.2, 0) is 16.4 Å². The largest absolute Gasteiger partial charge is 0.330 e. The molecular weight excluding hydrogens is 274 g/mol. The van der Waals surface area contributed by atoms with Gasteiger partial charge in [-0.05, 0) is 49.4 Å². The number of aromatic nitrogens is 1. The predicted octanol–water partition coefficient (Wildman–Crippen LogP) is 1.06. The first kappa shape index (κ1) is 15.4. The van der Waals surface area contributed by atoms with Crippen molar-refractivity contribution in [1.82, 2.24) is 9.71 Å². The van der Waals surface area contributed by atoms with Gasteiger partial charge in [-0.3, -0.25) is 4.98 Å². The molecule has 112 valence electrons. The number of hydrogen-bond donors (Lipinski definition) is 2. The number of nitrogens with zero attached hydrogens (tertiary/aromatic N) is 1. The number of nitrogens with one attached hydrogen (secondary N) is 1. The normalized spacial score (nSPS) is 23.6. The van der Waals surface area contributed by atoms with Crippen LogP contribution in [-0.4, -0.2) is 31.7 Å². The smallest absolute Gasteiger partial charge is 0.212 e. The van der Waals surface area contributed by atoms with E-state index in [1.807, 2.05) is 12.1 Å². The molecule has 1 aliphatic rings. The lowest BCUT2D eigenvalue weighted by Gasteiger charge is -2.31. The van der Waals surface area contributed by atoms with Gasteiger partial charge in [-0.1, -0.05) is 12.8 Å². The minimum Gasteiger partial charge on any atom is -0.330 e. The summed E-state index contributed by atoms with van der Waals surface area (Å²) in [5.41, 5.74) is 6.73. The van der Waals surface area contributed by atoms with Crippen LogP contribution in [0.4, 0.5) is 0 Å². The average molecular weight is 297 g/mol. The average Bonchev–Trinajstić information content (AvgIpc) is 2.47. The fourth-order valence-electron chi connectivity index (χ4n) is 2.74. The van der Waals surface area contributed by atoms with Gasteiger partial charge in [0.25, 0.3) is 0 Å². The molecule has 2 rings (SSSR count). The lowest BCUT2D eigenvalue weighted by Crippen LogP contribution is -2.45. The van der Waals surface area contributed by atoms with Gasteiger partial charge in [0.2, 0.25) is 10.0 Å². The van der Waals surface area contributed by atoms with Crippen LogP contribution in [0.1, 0.15) is 31.2 Å². The Kier molecular flexibility index (Phi) is 5.51. The summed E-state index contributed by atoms with van der Waals surface area (Å²) in [6.07, 6.45) is 8.02. The lowest BCUT2D eigenvalue weighted by molar-refractivity contribution is 0.296. The first-order chi connectivity index (χ1) is 9.61. The monoisotopic (exact) mass is 297 g/mol. The van der Waals surface area contributed by atoms with E-state index in [0.717, 1.165) is 31.2 Å². The molecule has 0 amide bonds. The van der Waals surface area contributed by atoms with Crippen molar-refractivity contribution in [3.8, 4) is 0 Å². The topological polar surface area (TPSA) is 85.1 Å². The molecule has 20 heavy (non-hydrogen) atoms. The van der Waals surface area contributed by atoms with E-state index >= 15 is 0 Å². The molecular formula is C14H23N3O2S. The molecule has 3 N–H and O–H groups in total. The van der Waals surface area contributed by atoms with Crippen molar-refractivity contribution >= 4 is 10.0 Å². The summed E-state index contributed by atoms with van der Waals surface area (Å²) < 4.78 is 27.2. The number of rotatable bonds is 6. The zero-order chi connectivity index (χ0) is 14.4. The van der Waals surface area contributed by atoms with E-state index in [1.165, 1.54) is 0 Å². The molecule has 1 heterocycles. The maximum atomic E-state index is 12.2. The van der Waals surface area contributed by atoms with Crippen LogP contribution in [0.25, 0.3) is 0 Å². The van der Waals surface area contributed by atoms with Gasteiger partial charge in [-0.25, -0.2) is 13.1 Å². The highest BCUT2D eigenvalue weighted by atomic mass is 32.2. The van der Waals surface area contributed by atoms with Gasteiger partial charge in [0.1, 0.15) is 0 Å². The van der Waals surface area contributed by atoms with Crippen molar-refractivity contribution in [2.75, 3.05) is 12.3 Å². The minimum absolute atomic E-state index is 0.0104. The second-order valence-electron chi connectivity index (χ2n) is 5.43. The predicted molar refractivity (Wildman–Crippen MR) is 79.7 cm³/mol. The first-order valence-electron chi connectivity index (χ1n) is 7.20. The molecule has 0 saturated heterocycles. The summed E-state index contributed by atoms with van der Waals surface area (Å²) in [6, 6.07) is 3.70. The number of pyridine rings is 1. The van der Waals surface area contributed by atoms with Crippen LogP contribution < -0.4 is 10.5 Å². The van der Waals surface area contributed by atoms with E-state index in [-0.39, 0.29) is 17.7 Å². The van der Waals surface area contributed by atoms with Gasteiger partial charge >= 0.3 is 0 Å². The van der Waals surface area contributed by atoms with E-state index in [4.69, 9.17) is 5.73 Å². The molecule has 2 atom stereocenters. The Bertz CT molecular complexity index is 504. The molecule has 0 radical (unpaired) electrons. The van der Waals surface area contributed by atoms with Crippen molar-refractivity contribution in [2.45, 2.75) is 38.1 Å². The van der Waals surface area contributed by atoms with E-state index < -0.39 is 10.0 Å². The van der Waals surface area contributed by atoms with Crippen LogP contribution in [0.15, 0.2) is 24.5 Å². The van der Waals surface area contributed by atoms with Crippen LogP contribution in [0.2, 0.25) is 0 Å². The van der Waals surface area contributed by atoms with Gasteiger partial charge in [0.05, 0.1) is 5.75 Å². The van der Waals surface area contributed by atoms with Crippen molar-refractivity contribution in [1.29, 1.82) is 0 Å². The van der Waals surface area contributed by atoms with Crippen molar-refractivity contribution in [2.24, 2.45) is 11.7 Å². The van der Waals surface area contributed by atoms with Crippen LogP contribution in [0.5, 0.6) is 0 Å². The summed E-state index contributed by atoms with van der Waals surface area (Å²) in [4.78, 5) is 3.93. The molecule has 0 aliphatic heterocycles. The molecule has 1 fully saturated rings. The molecule has 1 saturated carbocycles. The van der Waals surface area contributed by atoms with E-state index in [1.54, 1.807) is 12.4 Å². The Morgan fingerprint density at radius 2 is 1.95 bits per heavy atom. The third-order valence-electron chi connectivity index (χ3n) is 3.95. The summed E-state index contributed by atoms with van der Waals surface area (Å²) in [5, 5.41) is 0. The van der Waals surface area contributed by atoms with Crippen LogP contribution >= 0.6 is 0 Å². The number of aryl methyl sites for hydroxylation is 1. The number of nitrogens with two attached hydrogens (primary N) is 1. The Balaban J connectivity index is 1.90. The van der Waals surface area contributed by atoms with Gasteiger partial charge < -0.3 is 5.73 Å². The zero-order valence-corrected chi connectivity index (χ0v) is 12.5. The fraction of sp³-hybridized carbons (Fsp3) is 0.643. The van der Waals surface area contributed by atoms with Gasteiger partial charge in [0, 0.05) is 18.4 Å². The maximum absolute atomic E-state index is 12.2. The second kappa shape index (κ2) is 7.15. The maximum Gasteiger partial charge on any atom is 0.212 e. The molecule has 0 aromatic carbocycles. The molecule has 1 aliphatic carbocycles. The SMILES string of the molecule is NCC1CCCCC1NS(=O)(=O)CCc1ccncc1. The Morgan fingerprint density at radius 1 is 1.25 bits per heavy atom. The quantitative estimate of drug-likeness (QED) is 0.822. The van der Waals surface area contributed by atoms with Crippen molar-refractivity contribution in [3.05, 3.63) is 30.1 Å². The van der Waals surface area contributed by atoms with Crippen LogP contribution in [0.3, 0.4) is 0 Å². The summed E-state index contributed by atoms with van der Waals surface area (Å²) >= 11 is 0. The highest BCUT2D eigenvalue weighted by molar-refractivity contribution is 7.89. The summed E-state index contributed by atoms with van der Waals surface area (Å²) in [5.74, 6) is 0.393. The lowest BCUT2D eigenvalue weighted by atomic mass is 9.85. The molecule has 1 aromatic rings. The molecule has 5 nitrogen and oxygen atoms in total. The minimum atomic E-state index is -3.25. The first-order valence-corrected chi connectivity index (χ1v) is 8.85. The second-order valence-corrected chi connectivity index (χ2v) is 7.30. The highest BCUT2D eigenvalue weighted by Gasteiger charge is 2.27. The van der Waals surface area contributed by atoms with Crippen molar-refractivity contribution in [3.63, 3.8) is 0 Å². The van der Waals surface area contributed by atoms with Crippen molar-refractivity contribution < 1.29 is 8.42 Å². The zero-order valence-electron chi connectivity index (χ0n) is 11.7. The number of sulfonamides is 1. The van der Waals surface area contributed by atoms with E-state index in [2.05, 4.69) is 9.71 Å². The molecule has 0 bridgehead atoms. The highest BCUT2D eigenvalue weighted by Crippen LogP contribution is 2.24. The summed E-state index contributed by atoms with van der Waals surface area (Å²) in [6.45, 7) is 0.553. The number of hydrogen-bond acceptors (Lipinski definition) is 4. The van der Waals surface area contributed by atoms with E-state index in [0.29, 0.717) is 13.0 Å². The third kappa shape index (κ3) is 4.54. The third-order valence-corrected chi connectivity index (χ3v) is 5.36. The molecule has 6 heteroatoms. The van der Waals surface area contributed by atoms with Gasteiger partial charge in [-0.15, -0.1) is 0 Å². The summed E-state index contributed by atoms with van der Waals surface area (Å²) in [7, 11) is -3.25.